The smallest absolute Gasteiger partial charge is 0.308 e. The second-order valence-electron chi connectivity index (χ2n) is 5.63. The molecule has 0 spiro atoms. The number of carboxylic acid groups (broad SMARTS) is 1. The first-order chi connectivity index (χ1) is 9.86. The molecule has 1 aromatic rings. The van der Waals surface area contributed by atoms with E-state index in [1.807, 2.05) is 24.8 Å². The number of halogens is 1. The second-order valence-corrected chi connectivity index (χ2v) is 6.04. The molecule has 1 aliphatic heterocycles. The number of aryl methyl sites for hydroxylation is 1. The van der Waals surface area contributed by atoms with E-state index in [0.29, 0.717) is 23.8 Å². The first-order valence-corrected chi connectivity index (χ1v) is 7.25. The van der Waals surface area contributed by atoms with Crippen molar-refractivity contribution in [2.75, 3.05) is 25.0 Å². The summed E-state index contributed by atoms with van der Waals surface area (Å²) in [6, 6.07) is 5.35. The third kappa shape index (κ3) is 3.95. The maximum atomic E-state index is 12.0. The van der Waals surface area contributed by atoms with Crippen molar-refractivity contribution in [1.29, 1.82) is 0 Å². The first-order valence-electron chi connectivity index (χ1n) is 6.88. The van der Waals surface area contributed by atoms with Gasteiger partial charge in [0, 0.05) is 23.8 Å². The maximum absolute atomic E-state index is 12.0. The number of aliphatic carboxylic acids is 1. The quantitative estimate of drug-likeness (QED) is 0.895. The highest BCUT2D eigenvalue weighted by molar-refractivity contribution is 6.31. The van der Waals surface area contributed by atoms with Crippen LogP contribution in [0.5, 0.6) is 0 Å². The Morgan fingerprint density at radius 1 is 1.43 bits per heavy atom. The van der Waals surface area contributed by atoms with E-state index in [-0.39, 0.29) is 18.4 Å². The number of nitrogens with zero attached hydrogens (tertiary/aromatic N) is 1. The molecule has 5 nitrogen and oxygen atoms in total. The summed E-state index contributed by atoms with van der Waals surface area (Å²) in [6.45, 7) is 5.03. The molecule has 0 bridgehead atoms. The molecular formula is C15H19ClN2O3. The van der Waals surface area contributed by atoms with Crippen molar-refractivity contribution in [3.05, 3.63) is 28.8 Å². The minimum absolute atomic E-state index is 0.0594. The van der Waals surface area contributed by atoms with E-state index in [4.69, 9.17) is 16.7 Å². The van der Waals surface area contributed by atoms with Crippen molar-refractivity contribution in [1.82, 2.24) is 4.90 Å². The fraction of sp³-hybridized carbons (Fsp3) is 0.467. The summed E-state index contributed by atoms with van der Waals surface area (Å²) >= 11 is 6.01. The average Bonchev–Trinajstić information content (AvgIpc) is 2.75. The lowest BCUT2D eigenvalue weighted by molar-refractivity contribution is -0.142. The Bertz CT molecular complexity index is 562. The molecule has 1 fully saturated rings. The molecular weight excluding hydrogens is 292 g/mol. The number of anilines is 1. The molecule has 6 heteroatoms. The largest absolute Gasteiger partial charge is 0.481 e. The molecule has 2 rings (SSSR count). The van der Waals surface area contributed by atoms with Crippen LogP contribution in [0.1, 0.15) is 12.5 Å². The molecule has 2 atom stereocenters. The van der Waals surface area contributed by atoms with Crippen LogP contribution < -0.4 is 5.32 Å². The van der Waals surface area contributed by atoms with Crippen molar-refractivity contribution in [2.45, 2.75) is 13.8 Å². The highest BCUT2D eigenvalue weighted by Gasteiger charge is 2.35. The van der Waals surface area contributed by atoms with Crippen LogP contribution in [0.2, 0.25) is 5.02 Å². The third-order valence-electron chi connectivity index (χ3n) is 3.83. The van der Waals surface area contributed by atoms with E-state index in [9.17, 15) is 9.59 Å². The molecule has 114 valence electrons. The highest BCUT2D eigenvalue weighted by Crippen LogP contribution is 2.23. The summed E-state index contributed by atoms with van der Waals surface area (Å²) in [6.07, 6.45) is 0. The zero-order chi connectivity index (χ0) is 15.6. The minimum atomic E-state index is -0.796. The van der Waals surface area contributed by atoms with Gasteiger partial charge < -0.3 is 10.4 Å². The summed E-state index contributed by atoms with van der Waals surface area (Å²) in [7, 11) is 0. The number of rotatable bonds is 4. The number of likely N-dealkylation sites (tertiary alicyclic amines) is 1. The molecule has 1 aliphatic rings. The summed E-state index contributed by atoms with van der Waals surface area (Å²) in [5.41, 5.74) is 1.60. The summed E-state index contributed by atoms with van der Waals surface area (Å²) in [5.74, 6) is -1.29. The number of hydrogen-bond acceptors (Lipinski definition) is 3. The number of carboxylic acids is 1. The highest BCUT2D eigenvalue weighted by atomic mass is 35.5. The Hall–Kier alpha value is -1.59. The number of nitrogens with one attached hydrogen (secondary N) is 1. The molecule has 1 amide bonds. The first kappa shape index (κ1) is 15.8. The van der Waals surface area contributed by atoms with Crippen LogP contribution >= 0.6 is 11.6 Å². The monoisotopic (exact) mass is 310 g/mol. The number of benzene rings is 1. The van der Waals surface area contributed by atoms with Crippen LogP contribution in [-0.4, -0.2) is 41.5 Å². The Balaban J connectivity index is 1.90. The average molecular weight is 311 g/mol. The standard InChI is InChI=1S/C15H19ClN2O3/c1-9-3-4-11(5-13(9)16)17-14(19)8-18-6-10(2)12(7-18)15(20)21/h3-5,10,12H,6-8H2,1-2H3,(H,17,19)(H,20,21)/t10-,12-/m1/s1. The van der Waals surface area contributed by atoms with Gasteiger partial charge in [0.05, 0.1) is 12.5 Å². The van der Waals surface area contributed by atoms with Gasteiger partial charge in [0.2, 0.25) is 5.91 Å². The second kappa shape index (κ2) is 6.45. The fourth-order valence-electron chi connectivity index (χ4n) is 2.59. The van der Waals surface area contributed by atoms with Gasteiger partial charge in [-0.2, -0.15) is 0 Å². The summed E-state index contributed by atoms with van der Waals surface area (Å²) in [5, 5.41) is 12.5. The lowest BCUT2D eigenvalue weighted by Crippen LogP contribution is -2.32. The molecule has 1 aromatic carbocycles. The van der Waals surface area contributed by atoms with Crippen molar-refractivity contribution in [3.8, 4) is 0 Å². The molecule has 21 heavy (non-hydrogen) atoms. The van der Waals surface area contributed by atoms with Gasteiger partial charge in [0.15, 0.2) is 0 Å². The fourth-order valence-corrected chi connectivity index (χ4v) is 2.77. The maximum Gasteiger partial charge on any atom is 0.308 e. The summed E-state index contributed by atoms with van der Waals surface area (Å²) < 4.78 is 0. The van der Waals surface area contributed by atoms with Gasteiger partial charge in [-0.3, -0.25) is 14.5 Å². The summed E-state index contributed by atoms with van der Waals surface area (Å²) in [4.78, 5) is 24.9. The zero-order valence-corrected chi connectivity index (χ0v) is 12.9. The van der Waals surface area contributed by atoms with E-state index < -0.39 is 11.9 Å². The van der Waals surface area contributed by atoms with Crippen molar-refractivity contribution >= 4 is 29.2 Å². The third-order valence-corrected chi connectivity index (χ3v) is 4.24. The van der Waals surface area contributed by atoms with Gasteiger partial charge in [0.1, 0.15) is 0 Å². The van der Waals surface area contributed by atoms with Gasteiger partial charge in [-0.15, -0.1) is 0 Å². The zero-order valence-electron chi connectivity index (χ0n) is 12.1. The number of amides is 1. The molecule has 0 radical (unpaired) electrons. The predicted molar refractivity (Wildman–Crippen MR) is 81.5 cm³/mol. The number of hydrogen-bond donors (Lipinski definition) is 2. The molecule has 0 aromatic heterocycles. The Morgan fingerprint density at radius 2 is 2.14 bits per heavy atom. The molecule has 0 saturated carbocycles. The lowest BCUT2D eigenvalue weighted by atomic mass is 9.99. The lowest BCUT2D eigenvalue weighted by Gasteiger charge is -2.15. The predicted octanol–water partition coefficient (Wildman–Crippen LogP) is 2.24. The Labute approximate surface area is 128 Å². The van der Waals surface area contributed by atoms with E-state index in [1.165, 1.54) is 0 Å². The van der Waals surface area contributed by atoms with Gasteiger partial charge >= 0.3 is 5.97 Å². The Kier molecular flexibility index (Phi) is 4.85. The van der Waals surface area contributed by atoms with Gasteiger partial charge in [-0.05, 0) is 30.5 Å². The van der Waals surface area contributed by atoms with Crippen molar-refractivity contribution < 1.29 is 14.7 Å². The Morgan fingerprint density at radius 3 is 2.71 bits per heavy atom. The minimum Gasteiger partial charge on any atom is -0.481 e. The SMILES string of the molecule is Cc1ccc(NC(=O)CN2C[C@@H](C)[C@H](C(=O)O)C2)cc1Cl. The molecule has 1 saturated heterocycles. The van der Waals surface area contributed by atoms with Crippen molar-refractivity contribution in [3.63, 3.8) is 0 Å². The van der Waals surface area contributed by atoms with E-state index in [0.717, 1.165) is 5.56 Å². The van der Waals surface area contributed by atoms with Crippen LogP contribution in [-0.2, 0) is 9.59 Å². The normalized spacial score (nSPS) is 22.2. The van der Waals surface area contributed by atoms with Gasteiger partial charge in [-0.1, -0.05) is 24.6 Å². The van der Waals surface area contributed by atoms with Gasteiger partial charge in [-0.25, -0.2) is 0 Å². The molecule has 2 N–H and O–H groups in total. The van der Waals surface area contributed by atoms with Crippen LogP contribution in [0, 0.1) is 18.8 Å². The van der Waals surface area contributed by atoms with Gasteiger partial charge in [0.25, 0.3) is 0 Å². The van der Waals surface area contributed by atoms with Crippen LogP contribution in [0.4, 0.5) is 5.69 Å². The van der Waals surface area contributed by atoms with E-state index in [2.05, 4.69) is 5.32 Å². The molecule has 0 unspecified atom stereocenters. The molecule has 0 aliphatic carbocycles. The van der Waals surface area contributed by atoms with Crippen molar-refractivity contribution in [2.24, 2.45) is 11.8 Å². The number of carbonyl (C=O) groups is 2. The van der Waals surface area contributed by atoms with Crippen LogP contribution in [0.15, 0.2) is 18.2 Å². The van der Waals surface area contributed by atoms with E-state index >= 15 is 0 Å². The number of carbonyl (C=O) groups excluding carboxylic acids is 1. The topological polar surface area (TPSA) is 69.6 Å². The van der Waals surface area contributed by atoms with Crippen LogP contribution in [0.3, 0.4) is 0 Å². The van der Waals surface area contributed by atoms with Crippen LogP contribution in [0.25, 0.3) is 0 Å². The van der Waals surface area contributed by atoms with E-state index in [1.54, 1.807) is 12.1 Å². The molecule has 1 heterocycles.